The van der Waals surface area contributed by atoms with Crippen molar-refractivity contribution in [2.24, 2.45) is 11.7 Å². The first-order valence-electron chi connectivity index (χ1n) is 12.5. The van der Waals surface area contributed by atoms with Crippen molar-refractivity contribution >= 4 is 40.5 Å². The van der Waals surface area contributed by atoms with Crippen LogP contribution in [0.1, 0.15) is 28.8 Å². The van der Waals surface area contributed by atoms with Crippen molar-refractivity contribution in [1.82, 2.24) is 4.90 Å². The summed E-state index contributed by atoms with van der Waals surface area (Å²) in [6.07, 6.45) is 1.57. The summed E-state index contributed by atoms with van der Waals surface area (Å²) >= 11 is 0. The molecule has 0 radical (unpaired) electrons. The van der Waals surface area contributed by atoms with Crippen LogP contribution in [0.15, 0.2) is 54.6 Å². The summed E-state index contributed by atoms with van der Waals surface area (Å²) in [6, 6.07) is 15.2. The number of hydrogen-bond donors (Lipinski definition) is 3. The molecule has 0 saturated carbocycles. The van der Waals surface area contributed by atoms with Gasteiger partial charge in [-0.2, -0.15) is 0 Å². The minimum atomic E-state index is -0.508. The van der Waals surface area contributed by atoms with Gasteiger partial charge in [-0.15, -0.1) is 0 Å². The van der Waals surface area contributed by atoms with E-state index in [1.807, 2.05) is 6.07 Å². The Labute approximate surface area is 224 Å². The Kier molecular flexibility index (Phi) is 6.88. The molecule has 2 aliphatic rings. The smallest absolute Gasteiger partial charge is 0.310 e. The number of carbonyl (C=O) groups excluding carboxylic acids is 3. The first kappa shape index (κ1) is 25.7. The average Bonchev–Trinajstić information content (AvgIpc) is 3.07. The fourth-order valence-corrected chi connectivity index (χ4v) is 5.00. The van der Waals surface area contributed by atoms with Gasteiger partial charge in [-0.05, 0) is 65.9 Å². The van der Waals surface area contributed by atoms with Crippen molar-refractivity contribution in [2.45, 2.75) is 19.3 Å². The molecule has 1 atom stereocenters. The molecule has 0 aliphatic carbocycles. The number of anilines is 3. The highest BCUT2D eigenvalue weighted by Crippen LogP contribution is 2.37. The molecule has 1 unspecified atom stereocenters. The first-order chi connectivity index (χ1) is 18.7. The molecule has 11 nitrogen and oxygen atoms in total. The lowest BCUT2D eigenvalue weighted by molar-refractivity contribution is -0.385. The van der Waals surface area contributed by atoms with Gasteiger partial charge in [0.25, 0.3) is 5.91 Å². The third kappa shape index (κ3) is 5.24. The Balaban J connectivity index is 1.40. The Morgan fingerprint density at radius 3 is 2.56 bits per heavy atom. The molecule has 0 spiro atoms. The van der Waals surface area contributed by atoms with E-state index in [0.717, 1.165) is 17.5 Å². The lowest BCUT2D eigenvalue weighted by atomic mass is 9.97. The average molecular weight is 530 g/mol. The summed E-state index contributed by atoms with van der Waals surface area (Å²) in [5.41, 5.74) is 9.63. The van der Waals surface area contributed by atoms with Crippen LogP contribution in [0.4, 0.5) is 22.7 Å². The highest BCUT2D eigenvalue weighted by atomic mass is 16.6. The minimum Gasteiger partial charge on any atom is -0.490 e. The number of nitro benzene ring substituents is 1. The van der Waals surface area contributed by atoms with Gasteiger partial charge in [-0.3, -0.25) is 24.5 Å². The maximum absolute atomic E-state index is 13.0. The molecule has 5 rings (SSSR count). The molecule has 0 aromatic heterocycles. The molecule has 1 saturated heterocycles. The van der Waals surface area contributed by atoms with Crippen LogP contribution in [0.25, 0.3) is 11.1 Å². The molecule has 2 heterocycles. The minimum absolute atomic E-state index is 0.0895. The first-order valence-corrected chi connectivity index (χ1v) is 12.5. The SMILES string of the molecule is COc1cc(-c2ccc3c(c2)Nc2cc(CC(=O)N4CCCC(C(N)=O)C4)ccc2NC3=O)ccc1[N+](=O)[O-]. The second-order valence-electron chi connectivity index (χ2n) is 9.62. The van der Waals surface area contributed by atoms with E-state index < -0.39 is 4.92 Å². The van der Waals surface area contributed by atoms with Gasteiger partial charge in [-0.1, -0.05) is 12.1 Å². The van der Waals surface area contributed by atoms with Gasteiger partial charge in [0.15, 0.2) is 5.75 Å². The van der Waals surface area contributed by atoms with E-state index in [4.69, 9.17) is 10.5 Å². The molecule has 39 heavy (non-hydrogen) atoms. The van der Waals surface area contributed by atoms with Gasteiger partial charge in [0.05, 0.1) is 47.0 Å². The number of carbonyl (C=O) groups is 3. The number of nitrogens with two attached hydrogens (primary N) is 1. The van der Waals surface area contributed by atoms with Crippen molar-refractivity contribution in [3.63, 3.8) is 0 Å². The number of ether oxygens (including phenoxy) is 1. The summed E-state index contributed by atoms with van der Waals surface area (Å²) in [5, 5.41) is 17.5. The van der Waals surface area contributed by atoms with E-state index >= 15 is 0 Å². The van der Waals surface area contributed by atoms with Gasteiger partial charge >= 0.3 is 5.69 Å². The number of methoxy groups -OCH3 is 1. The summed E-state index contributed by atoms with van der Waals surface area (Å²) < 4.78 is 5.20. The number of primary amides is 1. The van der Waals surface area contributed by atoms with E-state index in [1.165, 1.54) is 13.2 Å². The number of benzene rings is 3. The molecule has 11 heteroatoms. The number of rotatable bonds is 6. The topological polar surface area (TPSA) is 157 Å². The second-order valence-corrected chi connectivity index (χ2v) is 9.62. The van der Waals surface area contributed by atoms with Gasteiger partial charge in [-0.25, -0.2) is 0 Å². The summed E-state index contributed by atoms with van der Waals surface area (Å²) in [6.45, 7) is 0.919. The fourth-order valence-electron chi connectivity index (χ4n) is 5.00. The monoisotopic (exact) mass is 529 g/mol. The molecule has 3 aromatic carbocycles. The third-order valence-electron chi connectivity index (χ3n) is 7.11. The van der Waals surface area contributed by atoms with Crippen LogP contribution in [0.2, 0.25) is 0 Å². The van der Waals surface area contributed by atoms with Crippen molar-refractivity contribution in [2.75, 3.05) is 30.8 Å². The largest absolute Gasteiger partial charge is 0.490 e. The van der Waals surface area contributed by atoms with E-state index in [9.17, 15) is 24.5 Å². The molecule has 3 aromatic rings. The second kappa shape index (κ2) is 10.4. The number of nitro groups is 1. The van der Waals surface area contributed by atoms with Crippen LogP contribution in [-0.4, -0.2) is 47.7 Å². The van der Waals surface area contributed by atoms with Gasteiger partial charge in [0.1, 0.15) is 0 Å². The lowest BCUT2D eigenvalue weighted by Crippen LogP contribution is -2.44. The Bertz CT molecular complexity index is 1500. The molecular formula is C28H27N5O6. The van der Waals surface area contributed by atoms with Crippen molar-refractivity contribution in [1.29, 1.82) is 0 Å². The van der Waals surface area contributed by atoms with E-state index in [1.54, 1.807) is 47.4 Å². The number of nitrogens with one attached hydrogen (secondary N) is 2. The molecule has 3 amide bonds. The zero-order valence-electron chi connectivity index (χ0n) is 21.2. The number of nitrogens with zero attached hydrogens (tertiary/aromatic N) is 2. The Morgan fingerprint density at radius 1 is 1.05 bits per heavy atom. The summed E-state index contributed by atoms with van der Waals surface area (Å²) in [5.74, 6) is -0.962. The number of likely N-dealkylation sites (tertiary alicyclic amines) is 1. The highest BCUT2D eigenvalue weighted by Gasteiger charge is 2.27. The number of hydrogen-bond acceptors (Lipinski definition) is 7. The predicted molar refractivity (Wildman–Crippen MR) is 145 cm³/mol. The van der Waals surface area contributed by atoms with Crippen molar-refractivity contribution in [3.05, 3.63) is 75.8 Å². The van der Waals surface area contributed by atoms with Gasteiger partial charge in [0, 0.05) is 19.2 Å². The molecule has 1 fully saturated rings. The van der Waals surface area contributed by atoms with Crippen LogP contribution in [0, 0.1) is 16.0 Å². The molecular weight excluding hydrogens is 502 g/mol. The molecule has 0 bridgehead atoms. The van der Waals surface area contributed by atoms with Crippen LogP contribution >= 0.6 is 0 Å². The van der Waals surface area contributed by atoms with Crippen LogP contribution in [-0.2, 0) is 16.0 Å². The third-order valence-corrected chi connectivity index (χ3v) is 7.11. The lowest BCUT2D eigenvalue weighted by Gasteiger charge is -2.31. The molecule has 200 valence electrons. The Morgan fingerprint density at radius 2 is 1.82 bits per heavy atom. The van der Waals surface area contributed by atoms with Crippen LogP contribution in [0.5, 0.6) is 5.75 Å². The van der Waals surface area contributed by atoms with Crippen LogP contribution in [0.3, 0.4) is 0 Å². The van der Waals surface area contributed by atoms with E-state index in [-0.39, 0.29) is 41.5 Å². The predicted octanol–water partition coefficient (Wildman–Crippen LogP) is 3.85. The van der Waals surface area contributed by atoms with Crippen molar-refractivity contribution < 1.29 is 24.0 Å². The quantitative estimate of drug-likeness (QED) is 0.323. The summed E-state index contributed by atoms with van der Waals surface area (Å²) in [4.78, 5) is 50.0. The summed E-state index contributed by atoms with van der Waals surface area (Å²) in [7, 11) is 1.37. The Hall–Kier alpha value is -4.93. The maximum atomic E-state index is 13.0. The van der Waals surface area contributed by atoms with Gasteiger partial charge < -0.3 is 26.0 Å². The van der Waals surface area contributed by atoms with E-state index in [2.05, 4.69) is 10.6 Å². The number of amides is 3. The molecule has 4 N–H and O–H groups in total. The number of piperidine rings is 1. The molecule has 2 aliphatic heterocycles. The van der Waals surface area contributed by atoms with E-state index in [0.29, 0.717) is 47.7 Å². The van der Waals surface area contributed by atoms with Crippen LogP contribution < -0.4 is 21.1 Å². The zero-order valence-corrected chi connectivity index (χ0v) is 21.2. The highest BCUT2D eigenvalue weighted by molar-refractivity contribution is 6.12. The van der Waals surface area contributed by atoms with Gasteiger partial charge in [0.2, 0.25) is 11.8 Å². The fraction of sp³-hybridized carbons (Fsp3) is 0.250. The standard InChI is InChI=1S/C28H27N5O6/c1-39-25-14-18(6-9-24(25)33(37)38)17-5-7-20-22(13-17)30-23-11-16(4-8-21(23)31-28(20)36)12-26(34)32-10-2-3-19(15-32)27(29)35/h4-9,11,13-14,19,30H,2-3,10,12,15H2,1H3,(H2,29,35)(H,31,36). The maximum Gasteiger partial charge on any atom is 0.310 e. The zero-order chi connectivity index (χ0) is 27.7. The normalized spacial score (nSPS) is 16.2. The van der Waals surface area contributed by atoms with Crippen molar-refractivity contribution in [3.8, 4) is 16.9 Å². The number of fused-ring (bicyclic) bond motifs is 2.